The van der Waals surface area contributed by atoms with Crippen LogP contribution >= 0.6 is 0 Å². The number of amides is 1. The molecule has 2 heterocycles. The molecule has 0 bridgehead atoms. The third-order valence-corrected chi connectivity index (χ3v) is 5.39. The van der Waals surface area contributed by atoms with Crippen LogP contribution in [0.2, 0.25) is 0 Å². The molecule has 4 heteroatoms. The van der Waals surface area contributed by atoms with Crippen molar-refractivity contribution < 1.29 is 9.21 Å². The van der Waals surface area contributed by atoms with Gasteiger partial charge < -0.3 is 9.73 Å². The first kappa shape index (κ1) is 18.5. The Morgan fingerprint density at radius 2 is 1.82 bits per heavy atom. The Bertz CT molecular complexity index is 873. The number of rotatable bonds is 6. The summed E-state index contributed by atoms with van der Waals surface area (Å²) in [6.07, 6.45) is 5.86. The highest BCUT2D eigenvalue weighted by Gasteiger charge is 2.21. The van der Waals surface area contributed by atoms with E-state index in [0.717, 1.165) is 43.7 Å². The van der Waals surface area contributed by atoms with Crippen molar-refractivity contribution in [1.29, 1.82) is 0 Å². The van der Waals surface area contributed by atoms with Crippen molar-refractivity contribution in [2.45, 2.75) is 19.4 Å². The van der Waals surface area contributed by atoms with Gasteiger partial charge in [0, 0.05) is 30.8 Å². The molecule has 0 radical (unpaired) electrons. The first-order valence-corrected chi connectivity index (χ1v) is 9.95. The number of furan rings is 1. The molecule has 1 aliphatic heterocycles. The van der Waals surface area contributed by atoms with E-state index in [2.05, 4.69) is 22.3 Å². The molecule has 144 valence electrons. The van der Waals surface area contributed by atoms with Crippen LogP contribution in [0.25, 0.3) is 11.1 Å². The van der Waals surface area contributed by atoms with Gasteiger partial charge in [-0.15, -0.1) is 0 Å². The van der Waals surface area contributed by atoms with Crippen molar-refractivity contribution >= 4 is 5.91 Å². The minimum Gasteiger partial charge on any atom is -0.472 e. The quantitative estimate of drug-likeness (QED) is 0.686. The van der Waals surface area contributed by atoms with Crippen molar-refractivity contribution in [3.8, 4) is 11.1 Å². The van der Waals surface area contributed by atoms with Crippen LogP contribution in [0.5, 0.6) is 0 Å². The number of benzene rings is 2. The molecule has 1 unspecified atom stereocenters. The second-order valence-electron chi connectivity index (χ2n) is 7.53. The van der Waals surface area contributed by atoms with Gasteiger partial charge in [0.2, 0.25) is 0 Å². The molecule has 0 aliphatic carbocycles. The van der Waals surface area contributed by atoms with Crippen LogP contribution in [0.15, 0.2) is 77.6 Å². The Hall–Kier alpha value is -2.85. The molecule has 4 rings (SSSR count). The maximum atomic E-state index is 12.5. The van der Waals surface area contributed by atoms with Gasteiger partial charge in [0.25, 0.3) is 5.91 Å². The monoisotopic (exact) mass is 374 g/mol. The standard InChI is InChI=1S/C24H26N2O2/c27-24(23-10-8-22(9-11-23)21-6-2-1-3-7-21)25-15-19-5-4-13-26(16-19)17-20-12-14-28-18-20/h1-3,6-12,14,18-19H,4-5,13,15-17H2,(H,25,27). The third-order valence-electron chi connectivity index (χ3n) is 5.39. The van der Waals surface area contributed by atoms with Crippen LogP contribution in [0.3, 0.4) is 0 Å². The molecule has 1 atom stereocenters. The summed E-state index contributed by atoms with van der Waals surface area (Å²) in [5, 5.41) is 3.12. The molecule has 0 saturated carbocycles. The summed E-state index contributed by atoms with van der Waals surface area (Å²) in [4.78, 5) is 15.0. The minimum atomic E-state index is 0.00608. The molecule has 4 nitrogen and oxygen atoms in total. The molecule has 2 aromatic carbocycles. The summed E-state index contributed by atoms with van der Waals surface area (Å²) < 4.78 is 5.16. The predicted molar refractivity (Wildman–Crippen MR) is 111 cm³/mol. The third kappa shape index (κ3) is 4.70. The highest BCUT2D eigenvalue weighted by atomic mass is 16.3. The maximum Gasteiger partial charge on any atom is 0.251 e. The molecule has 1 aliphatic rings. The zero-order valence-corrected chi connectivity index (χ0v) is 16.0. The smallest absolute Gasteiger partial charge is 0.251 e. The average Bonchev–Trinajstić information content (AvgIpc) is 3.26. The van der Waals surface area contributed by atoms with Crippen LogP contribution in [0.1, 0.15) is 28.8 Å². The number of likely N-dealkylation sites (tertiary alicyclic amines) is 1. The van der Waals surface area contributed by atoms with Gasteiger partial charge in [0.15, 0.2) is 0 Å². The van der Waals surface area contributed by atoms with Gasteiger partial charge in [-0.2, -0.15) is 0 Å². The summed E-state index contributed by atoms with van der Waals surface area (Å²) >= 11 is 0. The number of carbonyl (C=O) groups excluding carboxylic acids is 1. The van der Waals surface area contributed by atoms with E-state index in [9.17, 15) is 4.79 Å². The first-order chi connectivity index (χ1) is 13.8. The summed E-state index contributed by atoms with van der Waals surface area (Å²) in [6.45, 7) is 3.76. The van der Waals surface area contributed by atoms with E-state index >= 15 is 0 Å². The fraction of sp³-hybridized carbons (Fsp3) is 0.292. The predicted octanol–water partition coefficient (Wildman–Crippen LogP) is 4.59. The Kier molecular flexibility index (Phi) is 5.88. The molecule has 1 fully saturated rings. The van der Waals surface area contributed by atoms with Crippen LogP contribution in [0.4, 0.5) is 0 Å². The number of piperidine rings is 1. The highest BCUT2D eigenvalue weighted by molar-refractivity contribution is 5.94. The number of nitrogens with zero attached hydrogens (tertiary/aromatic N) is 1. The molecule has 0 spiro atoms. The average molecular weight is 374 g/mol. The lowest BCUT2D eigenvalue weighted by Crippen LogP contribution is -2.40. The molecule has 1 aromatic heterocycles. The summed E-state index contributed by atoms with van der Waals surface area (Å²) in [5.74, 6) is 0.500. The molecule has 1 N–H and O–H groups in total. The van der Waals surface area contributed by atoms with Crippen molar-refractivity contribution in [3.05, 3.63) is 84.3 Å². The van der Waals surface area contributed by atoms with Gasteiger partial charge >= 0.3 is 0 Å². The summed E-state index contributed by atoms with van der Waals surface area (Å²) in [7, 11) is 0. The molecule has 28 heavy (non-hydrogen) atoms. The number of nitrogens with one attached hydrogen (secondary N) is 1. The minimum absolute atomic E-state index is 0.00608. The van der Waals surface area contributed by atoms with E-state index < -0.39 is 0 Å². The Labute approximate surface area is 166 Å². The van der Waals surface area contributed by atoms with Crippen molar-refractivity contribution in [3.63, 3.8) is 0 Å². The number of hydrogen-bond donors (Lipinski definition) is 1. The normalized spacial score (nSPS) is 17.4. The van der Waals surface area contributed by atoms with E-state index in [1.165, 1.54) is 12.0 Å². The van der Waals surface area contributed by atoms with Crippen LogP contribution in [0, 0.1) is 5.92 Å². The van der Waals surface area contributed by atoms with E-state index in [1.54, 1.807) is 6.26 Å². The largest absolute Gasteiger partial charge is 0.472 e. The number of hydrogen-bond acceptors (Lipinski definition) is 3. The van der Waals surface area contributed by atoms with E-state index in [0.29, 0.717) is 11.5 Å². The van der Waals surface area contributed by atoms with E-state index in [1.807, 2.05) is 54.8 Å². The van der Waals surface area contributed by atoms with E-state index in [-0.39, 0.29) is 5.91 Å². The van der Waals surface area contributed by atoms with E-state index in [4.69, 9.17) is 4.42 Å². The van der Waals surface area contributed by atoms with Gasteiger partial charge in [-0.3, -0.25) is 9.69 Å². The zero-order chi connectivity index (χ0) is 19.2. The zero-order valence-electron chi connectivity index (χ0n) is 16.0. The second-order valence-corrected chi connectivity index (χ2v) is 7.53. The fourth-order valence-corrected chi connectivity index (χ4v) is 3.89. The van der Waals surface area contributed by atoms with Crippen molar-refractivity contribution in [1.82, 2.24) is 10.2 Å². The van der Waals surface area contributed by atoms with Crippen molar-refractivity contribution in [2.24, 2.45) is 5.92 Å². The maximum absolute atomic E-state index is 12.5. The second kappa shape index (κ2) is 8.89. The molecular formula is C24H26N2O2. The van der Waals surface area contributed by atoms with Crippen LogP contribution < -0.4 is 5.32 Å². The molecule has 3 aromatic rings. The molecular weight excluding hydrogens is 348 g/mol. The summed E-state index contributed by atoms with van der Waals surface area (Å²) in [6, 6.07) is 20.1. The lowest BCUT2D eigenvalue weighted by molar-refractivity contribution is 0.0930. The Morgan fingerprint density at radius 3 is 2.57 bits per heavy atom. The highest BCUT2D eigenvalue weighted by Crippen LogP contribution is 2.20. The van der Waals surface area contributed by atoms with Gasteiger partial charge in [-0.05, 0) is 54.6 Å². The van der Waals surface area contributed by atoms with Gasteiger partial charge in [-0.1, -0.05) is 42.5 Å². The SMILES string of the molecule is O=C(NCC1CCCN(Cc2ccoc2)C1)c1ccc(-c2ccccc2)cc1. The molecule has 1 saturated heterocycles. The van der Waals surface area contributed by atoms with Gasteiger partial charge in [-0.25, -0.2) is 0 Å². The van der Waals surface area contributed by atoms with Crippen LogP contribution in [-0.4, -0.2) is 30.4 Å². The summed E-state index contributed by atoms with van der Waals surface area (Å²) in [5.41, 5.74) is 4.21. The lowest BCUT2D eigenvalue weighted by atomic mass is 9.97. The lowest BCUT2D eigenvalue weighted by Gasteiger charge is -2.32. The Morgan fingerprint density at radius 1 is 1.04 bits per heavy atom. The van der Waals surface area contributed by atoms with Crippen LogP contribution in [-0.2, 0) is 6.54 Å². The topological polar surface area (TPSA) is 45.5 Å². The van der Waals surface area contributed by atoms with Gasteiger partial charge in [0.05, 0.1) is 12.5 Å². The van der Waals surface area contributed by atoms with Gasteiger partial charge in [0.1, 0.15) is 0 Å². The first-order valence-electron chi connectivity index (χ1n) is 9.95. The fourth-order valence-electron chi connectivity index (χ4n) is 3.89. The van der Waals surface area contributed by atoms with Crippen molar-refractivity contribution in [2.75, 3.05) is 19.6 Å². The molecule has 1 amide bonds. The number of carbonyl (C=O) groups is 1. The Balaban J connectivity index is 1.29.